The molecule has 2 aliphatic rings. The van der Waals surface area contributed by atoms with Crippen molar-refractivity contribution in [2.75, 3.05) is 13.7 Å². The second kappa shape index (κ2) is 11.8. The summed E-state index contributed by atoms with van der Waals surface area (Å²) in [5, 5.41) is 9.16. The molecule has 2 fully saturated rings. The molecule has 0 bridgehead atoms. The highest BCUT2D eigenvalue weighted by Gasteiger charge is 2.57. The second-order valence-corrected chi connectivity index (χ2v) is 11.0. The van der Waals surface area contributed by atoms with Crippen molar-refractivity contribution in [3.8, 4) is 0 Å². The number of imidazole rings is 1. The maximum Gasteiger partial charge on any atom is 0.408 e. The zero-order valence-corrected chi connectivity index (χ0v) is 23.2. The van der Waals surface area contributed by atoms with Gasteiger partial charge in [-0.3, -0.25) is 9.59 Å². The Morgan fingerprint density at radius 2 is 1.86 bits per heavy atom. The number of aromatic nitrogens is 4. The third-order valence-electron chi connectivity index (χ3n) is 7.85. The number of ether oxygens (including phenoxy) is 2. The number of piperidine rings is 1. The molecule has 230 valence electrons. The summed E-state index contributed by atoms with van der Waals surface area (Å²) in [6.45, 7) is -0.913. The van der Waals surface area contributed by atoms with E-state index in [0.717, 1.165) is 12.7 Å². The van der Waals surface area contributed by atoms with E-state index in [0.29, 0.717) is 0 Å². The van der Waals surface area contributed by atoms with Crippen LogP contribution in [0, 0.1) is 11.3 Å². The molecule has 0 radical (unpaired) electrons. The van der Waals surface area contributed by atoms with Gasteiger partial charge >= 0.3 is 12.1 Å². The molecule has 3 heterocycles. The molecule has 15 heteroatoms. The highest BCUT2D eigenvalue weighted by Crippen LogP contribution is 2.42. The van der Waals surface area contributed by atoms with Gasteiger partial charge in [-0.2, -0.15) is 5.10 Å². The lowest BCUT2D eigenvalue weighted by atomic mass is 9.74. The van der Waals surface area contributed by atoms with E-state index in [2.05, 4.69) is 25.7 Å². The van der Waals surface area contributed by atoms with Crippen LogP contribution in [-0.4, -0.2) is 63.1 Å². The number of hydrogen-bond acceptors (Lipinski definition) is 8. The Morgan fingerprint density at radius 1 is 1.14 bits per heavy atom. The van der Waals surface area contributed by atoms with E-state index in [1.165, 1.54) is 16.9 Å². The Bertz CT molecular complexity index is 1480. The van der Waals surface area contributed by atoms with Crippen molar-refractivity contribution in [2.24, 2.45) is 11.3 Å². The smallest absolute Gasteiger partial charge is 0.408 e. The SMILES string of the molecule is COC(=O)C1(Cc2cnc3nc([C@@H](NC(=O)OCc4ccccc4)C4CCC(F)(F)CC4)cn3n2)CC(F)(F)CNC1=O. The molecule has 1 aliphatic carbocycles. The van der Waals surface area contributed by atoms with Crippen molar-refractivity contribution in [1.29, 1.82) is 0 Å². The monoisotopic (exact) mass is 606 g/mol. The first-order valence-corrected chi connectivity index (χ1v) is 13.7. The van der Waals surface area contributed by atoms with Crippen molar-refractivity contribution in [3.05, 3.63) is 59.7 Å². The molecule has 1 aromatic carbocycles. The molecule has 43 heavy (non-hydrogen) atoms. The maximum absolute atomic E-state index is 14.3. The van der Waals surface area contributed by atoms with Gasteiger partial charge in [-0.05, 0) is 24.3 Å². The molecular formula is C28H30F4N6O5. The number of alkyl carbamates (subject to hydrolysis) is 1. The van der Waals surface area contributed by atoms with Crippen molar-refractivity contribution in [3.63, 3.8) is 0 Å². The number of rotatable bonds is 8. The summed E-state index contributed by atoms with van der Waals surface area (Å²) >= 11 is 0. The van der Waals surface area contributed by atoms with Crippen LogP contribution in [0.5, 0.6) is 0 Å². The van der Waals surface area contributed by atoms with E-state index < -0.39 is 66.6 Å². The summed E-state index contributed by atoms with van der Waals surface area (Å²) < 4.78 is 67.8. The number of halogens is 4. The first-order chi connectivity index (χ1) is 20.4. The van der Waals surface area contributed by atoms with Crippen LogP contribution in [-0.2, 0) is 32.1 Å². The molecular weight excluding hydrogens is 576 g/mol. The fourth-order valence-electron chi connectivity index (χ4n) is 5.64. The number of benzene rings is 1. The predicted molar refractivity (Wildman–Crippen MR) is 141 cm³/mol. The Labute approximate surface area is 243 Å². The number of hydrogen-bond donors (Lipinski definition) is 2. The molecule has 5 rings (SSSR count). The minimum absolute atomic E-state index is 0.00562. The van der Waals surface area contributed by atoms with E-state index in [-0.39, 0.29) is 49.5 Å². The van der Waals surface area contributed by atoms with E-state index >= 15 is 0 Å². The minimum Gasteiger partial charge on any atom is -0.468 e. The highest BCUT2D eigenvalue weighted by molar-refractivity contribution is 6.03. The molecule has 1 saturated heterocycles. The van der Waals surface area contributed by atoms with Crippen LogP contribution < -0.4 is 10.6 Å². The van der Waals surface area contributed by atoms with E-state index in [9.17, 15) is 31.9 Å². The summed E-state index contributed by atoms with van der Waals surface area (Å²) in [7, 11) is 1.00. The summed E-state index contributed by atoms with van der Waals surface area (Å²) in [5.41, 5.74) is -1.18. The first-order valence-electron chi connectivity index (χ1n) is 13.7. The lowest BCUT2D eigenvalue weighted by Crippen LogP contribution is -2.59. The third kappa shape index (κ3) is 6.70. The molecule has 1 unspecified atom stereocenters. The van der Waals surface area contributed by atoms with Gasteiger partial charge in [0.2, 0.25) is 11.8 Å². The zero-order valence-electron chi connectivity index (χ0n) is 23.2. The molecule has 1 saturated carbocycles. The summed E-state index contributed by atoms with van der Waals surface area (Å²) in [5.74, 6) is -8.54. The molecule has 2 aromatic heterocycles. The van der Waals surface area contributed by atoms with Gasteiger partial charge in [0.15, 0.2) is 5.41 Å². The summed E-state index contributed by atoms with van der Waals surface area (Å²) in [6, 6.07) is 8.16. The Balaban J connectivity index is 1.40. The number of alkyl halides is 4. The van der Waals surface area contributed by atoms with Gasteiger partial charge in [-0.25, -0.2) is 36.8 Å². The third-order valence-corrected chi connectivity index (χ3v) is 7.85. The Kier molecular flexibility index (Phi) is 8.25. The molecule has 11 nitrogen and oxygen atoms in total. The Morgan fingerprint density at radius 3 is 2.56 bits per heavy atom. The van der Waals surface area contributed by atoms with Crippen molar-refractivity contribution in [2.45, 2.75) is 63.0 Å². The highest BCUT2D eigenvalue weighted by atomic mass is 19.3. The van der Waals surface area contributed by atoms with E-state index in [1.54, 1.807) is 24.3 Å². The quantitative estimate of drug-likeness (QED) is 0.225. The molecule has 2 amide bonds. The lowest BCUT2D eigenvalue weighted by Gasteiger charge is -2.37. The van der Waals surface area contributed by atoms with E-state index in [4.69, 9.17) is 9.47 Å². The minimum atomic E-state index is -3.35. The van der Waals surface area contributed by atoms with Crippen molar-refractivity contribution < 1.29 is 41.4 Å². The van der Waals surface area contributed by atoms with Gasteiger partial charge in [0.1, 0.15) is 6.61 Å². The average Bonchev–Trinajstić information content (AvgIpc) is 3.40. The summed E-state index contributed by atoms with van der Waals surface area (Å²) in [4.78, 5) is 46.8. The number of methoxy groups -OCH3 is 1. The van der Waals surface area contributed by atoms with Crippen LogP contribution in [0.3, 0.4) is 0 Å². The molecule has 0 spiro atoms. The van der Waals surface area contributed by atoms with Gasteiger partial charge in [0, 0.05) is 25.7 Å². The fourth-order valence-corrected chi connectivity index (χ4v) is 5.64. The Hall–Kier alpha value is -4.30. The van der Waals surface area contributed by atoms with Gasteiger partial charge in [-0.1, -0.05) is 30.3 Å². The van der Waals surface area contributed by atoms with E-state index in [1.807, 2.05) is 6.07 Å². The molecule has 2 atom stereocenters. The van der Waals surface area contributed by atoms with Crippen LogP contribution in [0.4, 0.5) is 22.4 Å². The number of nitrogens with one attached hydrogen (secondary N) is 2. The number of amides is 2. The zero-order chi connectivity index (χ0) is 30.8. The topological polar surface area (TPSA) is 137 Å². The first kappa shape index (κ1) is 30.2. The van der Waals surface area contributed by atoms with Crippen LogP contribution in [0.2, 0.25) is 0 Å². The lowest BCUT2D eigenvalue weighted by molar-refractivity contribution is -0.172. The summed E-state index contributed by atoms with van der Waals surface area (Å²) in [6.07, 6.45) is -0.219. The second-order valence-electron chi connectivity index (χ2n) is 11.0. The fraction of sp³-hybridized carbons (Fsp3) is 0.500. The number of esters is 1. The van der Waals surface area contributed by atoms with Crippen molar-refractivity contribution >= 4 is 23.7 Å². The van der Waals surface area contributed by atoms with Gasteiger partial charge < -0.3 is 20.1 Å². The van der Waals surface area contributed by atoms with Crippen LogP contribution in [0.25, 0.3) is 5.78 Å². The number of nitrogens with zero attached hydrogens (tertiary/aromatic N) is 4. The van der Waals surface area contributed by atoms with Crippen LogP contribution >= 0.6 is 0 Å². The molecule has 3 aromatic rings. The number of fused-ring (bicyclic) bond motifs is 1. The largest absolute Gasteiger partial charge is 0.468 e. The van der Waals surface area contributed by atoms with Crippen LogP contribution in [0.1, 0.15) is 55.1 Å². The van der Waals surface area contributed by atoms with Gasteiger partial charge in [0.05, 0.1) is 43.5 Å². The molecule has 2 N–H and O–H groups in total. The molecule has 1 aliphatic heterocycles. The maximum atomic E-state index is 14.3. The van der Waals surface area contributed by atoms with Crippen molar-refractivity contribution in [1.82, 2.24) is 30.2 Å². The van der Waals surface area contributed by atoms with Crippen LogP contribution in [0.15, 0.2) is 42.7 Å². The van der Waals surface area contributed by atoms with Gasteiger partial charge in [-0.15, -0.1) is 0 Å². The number of carbonyl (C=O) groups excluding carboxylic acids is 3. The standard InChI is InChI=1S/C28H30F4N6O5/c1-42-23(40)26(15-28(31,32)16-34-22(26)39)11-19-12-33-24-35-20(13-38(24)37-19)21(18-7-9-27(29,30)10-8-18)36-25(41)43-14-17-5-3-2-4-6-17/h2-6,12-13,18,21H,7-11,14-16H2,1H3,(H,34,39)(H,36,41)/t21-,26?/m0/s1. The average molecular weight is 607 g/mol. The normalized spacial score (nSPS) is 22.4. The predicted octanol–water partition coefficient (Wildman–Crippen LogP) is 3.77. The van der Waals surface area contributed by atoms with Gasteiger partial charge in [0.25, 0.3) is 11.7 Å². The number of carbonyl (C=O) groups is 3.